The van der Waals surface area contributed by atoms with Gasteiger partial charge in [-0.3, -0.25) is 0 Å². The number of rotatable bonds is 4. The lowest BCUT2D eigenvalue weighted by molar-refractivity contribution is 0.271. The number of halogens is 1. The predicted molar refractivity (Wildman–Crippen MR) is 78.2 cm³/mol. The molecule has 0 aliphatic carbocycles. The van der Waals surface area contributed by atoms with Crippen molar-refractivity contribution in [3.63, 3.8) is 0 Å². The molecule has 1 fully saturated rings. The van der Waals surface area contributed by atoms with Crippen LogP contribution in [0.4, 0.5) is 10.1 Å². The van der Waals surface area contributed by atoms with E-state index in [0.717, 1.165) is 44.0 Å². The molecular formula is C15H24FN3. The van der Waals surface area contributed by atoms with Crippen LogP contribution in [0, 0.1) is 5.82 Å². The average molecular weight is 265 g/mol. The summed E-state index contributed by atoms with van der Waals surface area (Å²) in [5.41, 5.74) is 1.83. The molecule has 2 rings (SSSR count). The van der Waals surface area contributed by atoms with Gasteiger partial charge in [-0.1, -0.05) is 13.0 Å². The van der Waals surface area contributed by atoms with E-state index in [2.05, 4.69) is 22.0 Å². The summed E-state index contributed by atoms with van der Waals surface area (Å²) in [6, 6.07) is 5.42. The molecule has 1 aromatic rings. The number of hydrogen-bond donors (Lipinski definition) is 1. The zero-order valence-corrected chi connectivity index (χ0v) is 12.1. The monoisotopic (exact) mass is 265 g/mol. The second-order valence-electron chi connectivity index (χ2n) is 5.10. The second-order valence-corrected chi connectivity index (χ2v) is 5.10. The van der Waals surface area contributed by atoms with Crippen LogP contribution in [0.1, 0.15) is 25.5 Å². The zero-order valence-electron chi connectivity index (χ0n) is 12.1. The summed E-state index contributed by atoms with van der Waals surface area (Å²) in [7, 11) is 1.87. The molecule has 1 atom stereocenters. The Morgan fingerprint density at radius 1 is 1.26 bits per heavy atom. The minimum Gasteiger partial charge on any atom is -0.369 e. The SMILES string of the molecule is CCN1CCN(c2cccc(F)c2C(C)NC)CC1. The molecule has 0 bridgehead atoms. The highest BCUT2D eigenvalue weighted by Gasteiger charge is 2.21. The number of anilines is 1. The Bertz CT molecular complexity index is 414. The van der Waals surface area contributed by atoms with Crippen LogP contribution in [-0.4, -0.2) is 44.7 Å². The fourth-order valence-electron chi connectivity index (χ4n) is 2.68. The summed E-state index contributed by atoms with van der Waals surface area (Å²) >= 11 is 0. The summed E-state index contributed by atoms with van der Waals surface area (Å²) in [4.78, 5) is 4.73. The smallest absolute Gasteiger partial charge is 0.130 e. The Labute approximate surface area is 115 Å². The molecule has 1 aromatic carbocycles. The fourth-order valence-corrected chi connectivity index (χ4v) is 2.68. The van der Waals surface area contributed by atoms with Crippen molar-refractivity contribution in [3.8, 4) is 0 Å². The second kappa shape index (κ2) is 6.35. The van der Waals surface area contributed by atoms with Gasteiger partial charge in [0.2, 0.25) is 0 Å². The highest BCUT2D eigenvalue weighted by Crippen LogP contribution is 2.29. The molecule has 1 N–H and O–H groups in total. The van der Waals surface area contributed by atoms with Crippen molar-refractivity contribution in [2.75, 3.05) is 44.7 Å². The lowest BCUT2D eigenvalue weighted by Crippen LogP contribution is -2.46. The standard InChI is InChI=1S/C15H24FN3/c1-4-18-8-10-19(11-9-18)14-7-5-6-13(16)15(14)12(2)17-3/h5-7,12,17H,4,8-11H2,1-3H3. The van der Waals surface area contributed by atoms with Gasteiger partial charge in [0.1, 0.15) is 5.82 Å². The molecule has 1 aliphatic rings. The Kier molecular flexibility index (Phi) is 4.77. The molecule has 19 heavy (non-hydrogen) atoms. The molecule has 106 valence electrons. The van der Waals surface area contributed by atoms with Crippen LogP contribution in [0.3, 0.4) is 0 Å². The third kappa shape index (κ3) is 3.07. The summed E-state index contributed by atoms with van der Waals surface area (Å²) < 4.78 is 14.1. The molecule has 0 spiro atoms. The first kappa shape index (κ1) is 14.3. The first-order valence-electron chi connectivity index (χ1n) is 7.10. The van der Waals surface area contributed by atoms with Crippen molar-refractivity contribution in [1.29, 1.82) is 0 Å². The number of nitrogens with one attached hydrogen (secondary N) is 1. The third-order valence-corrected chi connectivity index (χ3v) is 4.06. The van der Waals surface area contributed by atoms with Crippen LogP contribution >= 0.6 is 0 Å². The van der Waals surface area contributed by atoms with E-state index >= 15 is 0 Å². The van der Waals surface area contributed by atoms with Crippen molar-refractivity contribution in [2.45, 2.75) is 19.9 Å². The number of benzene rings is 1. The fraction of sp³-hybridized carbons (Fsp3) is 0.600. The summed E-state index contributed by atoms with van der Waals surface area (Å²) in [6.07, 6.45) is 0. The molecule has 0 radical (unpaired) electrons. The van der Waals surface area contributed by atoms with Gasteiger partial charge in [0, 0.05) is 43.5 Å². The van der Waals surface area contributed by atoms with E-state index in [4.69, 9.17) is 0 Å². The Balaban J connectivity index is 2.23. The molecule has 1 saturated heterocycles. The van der Waals surface area contributed by atoms with Crippen molar-refractivity contribution in [1.82, 2.24) is 10.2 Å². The molecule has 1 unspecified atom stereocenters. The number of piperazine rings is 1. The van der Waals surface area contributed by atoms with Gasteiger partial charge in [-0.05, 0) is 32.6 Å². The maximum absolute atomic E-state index is 14.1. The Morgan fingerprint density at radius 2 is 1.95 bits per heavy atom. The lowest BCUT2D eigenvalue weighted by atomic mass is 10.0. The Hall–Kier alpha value is -1.13. The van der Waals surface area contributed by atoms with Gasteiger partial charge in [-0.15, -0.1) is 0 Å². The molecule has 0 saturated carbocycles. The molecule has 3 nitrogen and oxygen atoms in total. The van der Waals surface area contributed by atoms with E-state index in [0.29, 0.717) is 0 Å². The van der Waals surface area contributed by atoms with Crippen LogP contribution in [0.2, 0.25) is 0 Å². The maximum atomic E-state index is 14.1. The molecule has 0 aromatic heterocycles. The molecular weight excluding hydrogens is 241 g/mol. The summed E-state index contributed by atoms with van der Waals surface area (Å²) in [6.45, 7) is 9.34. The minimum absolute atomic E-state index is 0.0282. The van der Waals surface area contributed by atoms with Crippen molar-refractivity contribution < 1.29 is 4.39 Å². The highest BCUT2D eigenvalue weighted by atomic mass is 19.1. The largest absolute Gasteiger partial charge is 0.369 e. The Morgan fingerprint density at radius 3 is 2.53 bits per heavy atom. The van der Waals surface area contributed by atoms with Gasteiger partial charge in [-0.25, -0.2) is 4.39 Å². The number of nitrogens with zero attached hydrogens (tertiary/aromatic N) is 2. The van der Waals surface area contributed by atoms with Crippen LogP contribution in [0.15, 0.2) is 18.2 Å². The van der Waals surface area contributed by atoms with Crippen LogP contribution in [-0.2, 0) is 0 Å². The van der Waals surface area contributed by atoms with E-state index in [9.17, 15) is 4.39 Å². The van der Waals surface area contributed by atoms with Gasteiger partial charge < -0.3 is 15.1 Å². The lowest BCUT2D eigenvalue weighted by Gasteiger charge is -2.37. The first-order valence-corrected chi connectivity index (χ1v) is 7.10. The van der Waals surface area contributed by atoms with E-state index in [1.54, 1.807) is 6.07 Å². The van der Waals surface area contributed by atoms with E-state index < -0.39 is 0 Å². The van der Waals surface area contributed by atoms with Gasteiger partial charge in [0.15, 0.2) is 0 Å². The van der Waals surface area contributed by atoms with E-state index in [1.807, 2.05) is 26.1 Å². The van der Waals surface area contributed by atoms with Crippen molar-refractivity contribution >= 4 is 5.69 Å². The van der Waals surface area contributed by atoms with E-state index in [1.165, 1.54) is 0 Å². The summed E-state index contributed by atoms with van der Waals surface area (Å²) in [5.74, 6) is -0.114. The molecule has 1 aliphatic heterocycles. The van der Waals surface area contributed by atoms with Gasteiger partial charge in [0.25, 0.3) is 0 Å². The van der Waals surface area contributed by atoms with Gasteiger partial charge >= 0.3 is 0 Å². The quantitative estimate of drug-likeness (QED) is 0.901. The topological polar surface area (TPSA) is 18.5 Å². The normalized spacial score (nSPS) is 18.6. The number of likely N-dealkylation sites (N-methyl/N-ethyl adjacent to an activating group) is 1. The maximum Gasteiger partial charge on any atom is 0.130 e. The summed E-state index contributed by atoms with van der Waals surface area (Å²) in [5, 5.41) is 3.14. The first-order chi connectivity index (χ1) is 9.17. The minimum atomic E-state index is -0.114. The molecule has 1 heterocycles. The third-order valence-electron chi connectivity index (χ3n) is 4.06. The number of hydrogen-bond acceptors (Lipinski definition) is 3. The van der Waals surface area contributed by atoms with Gasteiger partial charge in [-0.2, -0.15) is 0 Å². The van der Waals surface area contributed by atoms with Crippen LogP contribution in [0.25, 0.3) is 0 Å². The van der Waals surface area contributed by atoms with Crippen LogP contribution in [0.5, 0.6) is 0 Å². The van der Waals surface area contributed by atoms with Crippen molar-refractivity contribution in [3.05, 3.63) is 29.6 Å². The highest BCUT2D eigenvalue weighted by molar-refractivity contribution is 5.56. The molecule has 4 heteroatoms. The van der Waals surface area contributed by atoms with Crippen LogP contribution < -0.4 is 10.2 Å². The predicted octanol–water partition coefficient (Wildman–Crippen LogP) is 2.25. The van der Waals surface area contributed by atoms with Crippen molar-refractivity contribution in [2.24, 2.45) is 0 Å². The average Bonchev–Trinajstić information content (AvgIpc) is 2.46. The molecule has 0 amide bonds. The zero-order chi connectivity index (χ0) is 13.8. The van der Waals surface area contributed by atoms with Gasteiger partial charge in [0.05, 0.1) is 0 Å². The van der Waals surface area contributed by atoms with E-state index in [-0.39, 0.29) is 11.9 Å².